The summed E-state index contributed by atoms with van der Waals surface area (Å²) < 4.78 is 0. The molecule has 3 aliphatic rings. The van der Waals surface area contributed by atoms with Gasteiger partial charge < -0.3 is 15.1 Å². The van der Waals surface area contributed by atoms with Gasteiger partial charge in [-0.05, 0) is 68.8 Å². The maximum Gasteiger partial charge on any atom is 0.322 e. The number of rotatable bonds is 2. The van der Waals surface area contributed by atoms with Gasteiger partial charge in [0.05, 0.1) is 0 Å². The first-order valence-corrected chi connectivity index (χ1v) is 9.07. The molecule has 1 aromatic carbocycles. The lowest BCUT2D eigenvalue weighted by Gasteiger charge is -2.36. The molecule has 1 N–H and O–H groups in total. The molecule has 0 bridgehead atoms. The molecule has 4 heteroatoms. The van der Waals surface area contributed by atoms with Crippen LogP contribution in [0.5, 0.6) is 0 Å². The number of likely N-dealkylation sites (tertiary alicyclic amines) is 2. The predicted molar refractivity (Wildman–Crippen MR) is 92.8 cm³/mol. The summed E-state index contributed by atoms with van der Waals surface area (Å²) in [5.74, 6) is 1.44. The monoisotopic (exact) mass is 313 g/mol. The molecule has 23 heavy (non-hydrogen) atoms. The first-order valence-electron chi connectivity index (χ1n) is 9.07. The average Bonchev–Trinajstić information content (AvgIpc) is 2.90. The van der Waals surface area contributed by atoms with Gasteiger partial charge >= 0.3 is 6.03 Å². The van der Waals surface area contributed by atoms with Gasteiger partial charge in [0.15, 0.2) is 0 Å². The van der Waals surface area contributed by atoms with Crippen LogP contribution in [0, 0.1) is 5.92 Å². The highest BCUT2D eigenvalue weighted by Crippen LogP contribution is 2.36. The molecule has 2 heterocycles. The molecule has 4 rings (SSSR count). The minimum absolute atomic E-state index is 0.0733. The van der Waals surface area contributed by atoms with E-state index in [-0.39, 0.29) is 6.03 Å². The number of hydrogen-bond donors (Lipinski definition) is 1. The van der Waals surface area contributed by atoms with Gasteiger partial charge in [-0.1, -0.05) is 18.6 Å². The van der Waals surface area contributed by atoms with Crippen molar-refractivity contribution >= 4 is 11.7 Å². The molecule has 1 aromatic rings. The molecule has 0 aromatic heterocycles. The number of piperidine rings is 1. The maximum atomic E-state index is 12.7. The summed E-state index contributed by atoms with van der Waals surface area (Å²) >= 11 is 0. The Labute approximate surface area is 138 Å². The van der Waals surface area contributed by atoms with E-state index in [0.717, 1.165) is 31.1 Å². The van der Waals surface area contributed by atoms with Crippen molar-refractivity contribution < 1.29 is 4.79 Å². The van der Waals surface area contributed by atoms with Crippen LogP contribution >= 0.6 is 0 Å². The fraction of sp³-hybridized carbons (Fsp3) is 0.632. The van der Waals surface area contributed by atoms with Crippen LogP contribution in [-0.2, 0) is 0 Å². The number of carbonyl (C=O) groups is 1. The van der Waals surface area contributed by atoms with Crippen LogP contribution < -0.4 is 5.32 Å². The SMILES string of the molecule is CN1CCC2CCN(C(=O)Nc3ccc(C4CCC4)cc3)C2C1. The van der Waals surface area contributed by atoms with Crippen molar-refractivity contribution in [3.05, 3.63) is 29.8 Å². The highest BCUT2D eigenvalue weighted by molar-refractivity contribution is 5.89. The van der Waals surface area contributed by atoms with Gasteiger partial charge in [-0.2, -0.15) is 0 Å². The van der Waals surface area contributed by atoms with E-state index in [2.05, 4.69) is 46.4 Å². The van der Waals surface area contributed by atoms with Crippen molar-refractivity contribution in [3.8, 4) is 0 Å². The summed E-state index contributed by atoms with van der Waals surface area (Å²) in [6.45, 7) is 3.08. The minimum atomic E-state index is 0.0733. The van der Waals surface area contributed by atoms with Crippen LogP contribution in [0.4, 0.5) is 10.5 Å². The Morgan fingerprint density at radius 1 is 1.09 bits per heavy atom. The Balaban J connectivity index is 1.39. The normalized spacial score (nSPS) is 28.3. The number of fused-ring (bicyclic) bond motifs is 1. The first kappa shape index (κ1) is 15.0. The molecule has 124 valence electrons. The van der Waals surface area contributed by atoms with E-state index in [1.165, 1.54) is 37.8 Å². The molecule has 2 saturated heterocycles. The standard InChI is InChI=1S/C19H27N3O/c1-21-11-9-16-10-12-22(18(16)13-21)19(23)20-17-7-5-15(6-8-17)14-3-2-4-14/h5-8,14,16,18H,2-4,9-13H2,1H3,(H,20,23). The summed E-state index contributed by atoms with van der Waals surface area (Å²) in [6.07, 6.45) is 6.37. The maximum absolute atomic E-state index is 12.7. The third-order valence-corrected chi connectivity index (χ3v) is 6.07. The zero-order chi connectivity index (χ0) is 15.8. The highest BCUT2D eigenvalue weighted by Gasteiger charge is 2.39. The second-order valence-corrected chi connectivity index (χ2v) is 7.54. The van der Waals surface area contributed by atoms with E-state index in [1.54, 1.807) is 0 Å². The Kier molecular flexibility index (Phi) is 4.02. The predicted octanol–water partition coefficient (Wildman–Crippen LogP) is 3.51. The molecule has 2 amide bonds. The Morgan fingerprint density at radius 3 is 2.52 bits per heavy atom. The first-order chi connectivity index (χ1) is 11.2. The van der Waals surface area contributed by atoms with Gasteiger partial charge in [-0.3, -0.25) is 0 Å². The van der Waals surface area contributed by atoms with E-state index < -0.39 is 0 Å². The highest BCUT2D eigenvalue weighted by atomic mass is 16.2. The second-order valence-electron chi connectivity index (χ2n) is 7.54. The van der Waals surface area contributed by atoms with Crippen LogP contribution in [0.2, 0.25) is 0 Å². The van der Waals surface area contributed by atoms with Crippen molar-refractivity contribution in [3.63, 3.8) is 0 Å². The lowest BCUT2D eigenvalue weighted by atomic mass is 9.80. The molecule has 2 unspecified atom stereocenters. The Bertz CT molecular complexity index is 566. The molecular weight excluding hydrogens is 286 g/mol. The molecule has 2 atom stereocenters. The summed E-state index contributed by atoms with van der Waals surface area (Å²) in [4.78, 5) is 17.1. The van der Waals surface area contributed by atoms with Crippen molar-refractivity contribution in [2.24, 2.45) is 5.92 Å². The molecule has 1 saturated carbocycles. The number of anilines is 1. The molecule has 4 nitrogen and oxygen atoms in total. The number of amides is 2. The number of hydrogen-bond acceptors (Lipinski definition) is 2. The number of likely N-dealkylation sites (N-methyl/N-ethyl adjacent to an activating group) is 1. The van der Waals surface area contributed by atoms with E-state index in [9.17, 15) is 4.79 Å². The number of benzene rings is 1. The van der Waals surface area contributed by atoms with Crippen LogP contribution in [0.1, 0.15) is 43.6 Å². The van der Waals surface area contributed by atoms with Gasteiger partial charge in [0.1, 0.15) is 0 Å². The molecular formula is C19H27N3O. The van der Waals surface area contributed by atoms with Gasteiger partial charge in [0.2, 0.25) is 0 Å². The van der Waals surface area contributed by atoms with Crippen LogP contribution in [0.3, 0.4) is 0 Å². The fourth-order valence-corrected chi connectivity index (χ4v) is 4.33. The van der Waals surface area contributed by atoms with E-state index in [1.807, 2.05) is 0 Å². The molecule has 0 radical (unpaired) electrons. The summed E-state index contributed by atoms with van der Waals surface area (Å²) in [5, 5.41) is 3.10. The lowest BCUT2D eigenvalue weighted by molar-refractivity contribution is 0.137. The van der Waals surface area contributed by atoms with E-state index in [4.69, 9.17) is 0 Å². The molecule has 3 fully saturated rings. The quantitative estimate of drug-likeness (QED) is 0.907. The Morgan fingerprint density at radius 2 is 1.83 bits per heavy atom. The average molecular weight is 313 g/mol. The number of nitrogens with one attached hydrogen (secondary N) is 1. The third kappa shape index (κ3) is 2.97. The topological polar surface area (TPSA) is 35.6 Å². The van der Waals surface area contributed by atoms with Crippen LogP contribution in [-0.4, -0.2) is 48.6 Å². The zero-order valence-electron chi connectivity index (χ0n) is 14.0. The minimum Gasteiger partial charge on any atom is -0.320 e. The summed E-state index contributed by atoms with van der Waals surface area (Å²) in [6, 6.07) is 8.95. The number of carbonyl (C=O) groups excluding carboxylic acids is 1. The number of urea groups is 1. The second kappa shape index (κ2) is 6.16. The van der Waals surface area contributed by atoms with Crippen LogP contribution in [0.15, 0.2) is 24.3 Å². The van der Waals surface area contributed by atoms with Gasteiger partial charge in [0.25, 0.3) is 0 Å². The summed E-state index contributed by atoms with van der Waals surface area (Å²) in [7, 11) is 2.16. The van der Waals surface area contributed by atoms with Crippen molar-refractivity contribution in [1.29, 1.82) is 0 Å². The molecule has 1 aliphatic carbocycles. The Hall–Kier alpha value is -1.55. The van der Waals surface area contributed by atoms with E-state index >= 15 is 0 Å². The zero-order valence-corrected chi connectivity index (χ0v) is 14.0. The molecule has 2 aliphatic heterocycles. The van der Waals surface area contributed by atoms with Gasteiger partial charge in [-0.15, -0.1) is 0 Å². The van der Waals surface area contributed by atoms with Gasteiger partial charge in [0, 0.05) is 24.8 Å². The lowest BCUT2D eigenvalue weighted by Crippen LogP contribution is -2.49. The summed E-state index contributed by atoms with van der Waals surface area (Å²) in [5.41, 5.74) is 2.34. The third-order valence-electron chi connectivity index (χ3n) is 6.07. The molecule has 0 spiro atoms. The van der Waals surface area contributed by atoms with Crippen molar-refractivity contribution in [2.45, 2.75) is 44.1 Å². The fourth-order valence-electron chi connectivity index (χ4n) is 4.33. The van der Waals surface area contributed by atoms with Crippen molar-refractivity contribution in [2.75, 3.05) is 32.0 Å². The largest absolute Gasteiger partial charge is 0.322 e. The van der Waals surface area contributed by atoms with Crippen molar-refractivity contribution in [1.82, 2.24) is 9.80 Å². The van der Waals surface area contributed by atoms with Gasteiger partial charge in [-0.25, -0.2) is 4.79 Å². The smallest absolute Gasteiger partial charge is 0.320 e. The van der Waals surface area contributed by atoms with Crippen LogP contribution in [0.25, 0.3) is 0 Å². The van der Waals surface area contributed by atoms with E-state index in [0.29, 0.717) is 12.0 Å². The number of nitrogens with zero attached hydrogens (tertiary/aromatic N) is 2.